The van der Waals surface area contributed by atoms with Crippen molar-refractivity contribution in [3.63, 3.8) is 0 Å². The lowest BCUT2D eigenvalue weighted by Crippen LogP contribution is -2.41. The molecule has 0 bridgehead atoms. The highest BCUT2D eigenvalue weighted by molar-refractivity contribution is 7.86. The molecule has 0 aliphatic carbocycles. The van der Waals surface area contributed by atoms with E-state index in [-0.39, 0.29) is 16.9 Å². The Kier molecular flexibility index (Phi) is 4.69. The molecule has 2 rings (SSSR count). The van der Waals surface area contributed by atoms with Gasteiger partial charge in [-0.15, -0.1) is 0 Å². The third-order valence-electron chi connectivity index (χ3n) is 4.02. The second kappa shape index (κ2) is 5.92. The zero-order valence-corrected chi connectivity index (χ0v) is 14.6. The number of hydrogen-bond donors (Lipinski definition) is 0. The molecule has 5 nitrogen and oxygen atoms in total. The van der Waals surface area contributed by atoms with Gasteiger partial charge in [0.1, 0.15) is 6.10 Å². The Balaban J connectivity index is 1.98. The summed E-state index contributed by atoms with van der Waals surface area (Å²) >= 11 is 0. The zero-order valence-electron chi connectivity index (χ0n) is 13.8. The number of aryl methyl sites for hydroxylation is 1. The lowest BCUT2D eigenvalue weighted by Gasteiger charge is -2.36. The van der Waals surface area contributed by atoms with Gasteiger partial charge in [-0.05, 0) is 26.0 Å². The molecule has 0 radical (unpaired) electrons. The standard InChI is InChI=1S/C16H24O5S/c1-12-6-8-14(9-7-12)22(17,18)20-11-13-10-19-16(5,21-13)15(2,3)4/h6-9,13H,10-11H2,1-5H3/t13-,16-/m1/s1. The van der Waals surface area contributed by atoms with E-state index in [0.717, 1.165) is 5.56 Å². The van der Waals surface area contributed by atoms with E-state index in [0.29, 0.717) is 6.61 Å². The normalized spacial score (nSPS) is 26.3. The molecule has 0 spiro atoms. The van der Waals surface area contributed by atoms with Crippen LogP contribution in [0.15, 0.2) is 29.2 Å². The van der Waals surface area contributed by atoms with Crippen molar-refractivity contribution in [2.45, 2.75) is 51.4 Å². The fourth-order valence-corrected chi connectivity index (χ4v) is 2.99. The lowest BCUT2D eigenvalue weighted by molar-refractivity contribution is -0.219. The van der Waals surface area contributed by atoms with E-state index in [1.54, 1.807) is 12.1 Å². The van der Waals surface area contributed by atoms with Crippen LogP contribution in [0.3, 0.4) is 0 Å². The molecule has 1 aliphatic rings. The molecule has 1 fully saturated rings. The molecule has 1 saturated heterocycles. The molecule has 1 heterocycles. The summed E-state index contributed by atoms with van der Waals surface area (Å²) in [7, 11) is -3.77. The summed E-state index contributed by atoms with van der Waals surface area (Å²) in [6.07, 6.45) is -0.399. The summed E-state index contributed by atoms with van der Waals surface area (Å²) in [6.45, 7) is 10.1. The van der Waals surface area contributed by atoms with Crippen LogP contribution in [0.4, 0.5) is 0 Å². The zero-order chi connectivity index (χ0) is 16.6. The Morgan fingerprint density at radius 3 is 2.36 bits per heavy atom. The van der Waals surface area contributed by atoms with Gasteiger partial charge in [0, 0.05) is 5.41 Å². The highest BCUT2D eigenvalue weighted by Crippen LogP contribution is 2.39. The summed E-state index contributed by atoms with van der Waals surface area (Å²) in [6, 6.07) is 6.55. The molecule has 0 unspecified atom stereocenters. The first-order valence-electron chi connectivity index (χ1n) is 7.31. The van der Waals surface area contributed by atoms with Gasteiger partial charge in [-0.2, -0.15) is 8.42 Å². The molecule has 124 valence electrons. The second-order valence-electron chi connectivity index (χ2n) is 6.80. The maximum atomic E-state index is 12.1. The average molecular weight is 328 g/mol. The lowest BCUT2D eigenvalue weighted by atomic mass is 9.87. The molecule has 1 aliphatic heterocycles. The van der Waals surface area contributed by atoms with Crippen LogP contribution in [0.2, 0.25) is 0 Å². The molecule has 0 aromatic heterocycles. The van der Waals surface area contributed by atoms with E-state index in [2.05, 4.69) is 0 Å². The first-order valence-corrected chi connectivity index (χ1v) is 8.72. The smallest absolute Gasteiger partial charge is 0.297 e. The Bertz CT molecular complexity index is 615. The quantitative estimate of drug-likeness (QED) is 0.795. The van der Waals surface area contributed by atoms with Crippen molar-refractivity contribution < 1.29 is 22.1 Å². The minimum absolute atomic E-state index is 0.0537. The van der Waals surface area contributed by atoms with E-state index in [4.69, 9.17) is 13.7 Å². The summed E-state index contributed by atoms with van der Waals surface area (Å²) in [5, 5.41) is 0. The summed E-state index contributed by atoms with van der Waals surface area (Å²) < 4.78 is 41.0. The van der Waals surface area contributed by atoms with E-state index in [9.17, 15) is 8.42 Å². The summed E-state index contributed by atoms with van der Waals surface area (Å²) in [5.41, 5.74) is 0.782. The summed E-state index contributed by atoms with van der Waals surface area (Å²) in [4.78, 5) is 0.149. The van der Waals surface area contributed by atoms with Gasteiger partial charge in [-0.25, -0.2) is 0 Å². The van der Waals surface area contributed by atoms with Gasteiger partial charge in [-0.3, -0.25) is 4.18 Å². The largest absolute Gasteiger partial charge is 0.347 e. The first kappa shape index (κ1) is 17.4. The van der Waals surface area contributed by atoms with Crippen LogP contribution in [0.25, 0.3) is 0 Å². The maximum absolute atomic E-state index is 12.1. The molecule has 1 aromatic carbocycles. The van der Waals surface area contributed by atoms with Crippen molar-refractivity contribution in [1.82, 2.24) is 0 Å². The van der Waals surface area contributed by atoms with Crippen LogP contribution >= 0.6 is 0 Å². The predicted molar refractivity (Wildman–Crippen MR) is 83.0 cm³/mol. The summed E-state index contributed by atoms with van der Waals surface area (Å²) in [5.74, 6) is -0.741. The maximum Gasteiger partial charge on any atom is 0.297 e. The third kappa shape index (κ3) is 3.68. The van der Waals surface area contributed by atoms with Crippen LogP contribution in [-0.2, 0) is 23.8 Å². The predicted octanol–water partition coefficient (Wildman–Crippen LogP) is 2.88. The van der Waals surface area contributed by atoms with Gasteiger partial charge < -0.3 is 9.47 Å². The van der Waals surface area contributed by atoms with Crippen molar-refractivity contribution in [3.8, 4) is 0 Å². The molecule has 22 heavy (non-hydrogen) atoms. The minimum Gasteiger partial charge on any atom is -0.347 e. The van der Waals surface area contributed by atoms with E-state index in [1.165, 1.54) is 12.1 Å². The van der Waals surface area contributed by atoms with Crippen LogP contribution in [-0.4, -0.2) is 33.5 Å². The van der Waals surface area contributed by atoms with Crippen molar-refractivity contribution in [2.75, 3.05) is 13.2 Å². The number of benzene rings is 1. The molecule has 1 aromatic rings. The second-order valence-corrected chi connectivity index (χ2v) is 8.41. The molecule has 2 atom stereocenters. The van der Waals surface area contributed by atoms with Crippen LogP contribution in [0, 0.1) is 12.3 Å². The molecule has 0 saturated carbocycles. The van der Waals surface area contributed by atoms with Gasteiger partial charge in [-0.1, -0.05) is 38.5 Å². The monoisotopic (exact) mass is 328 g/mol. The SMILES string of the molecule is Cc1ccc(S(=O)(=O)OC[C@H]2CO[C@@](C)(C(C)(C)C)O2)cc1. The van der Waals surface area contributed by atoms with Crippen molar-refractivity contribution in [3.05, 3.63) is 29.8 Å². The van der Waals surface area contributed by atoms with Crippen molar-refractivity contribution in [2.24, 2.45) is 5.41 Å². The van der Waals surface area contributed by atoms with Gasteiger partial charge in [0.2, 0.25) is 0 Å². The highest BCUT2D eigenvalue weighted by atomic mass is 32.2. The minimum atomic E-state index is -3.77. The first-order chi connectivity index (χ1) is 10.0. The molecule has 0 N–H and O–H groups in total. The van der Waals surface area contributed by atoms with Crippen LogP contribution < -0.4 is 0 Å². The van der Waals surface area contributed by atoms with E-state index < -0.39 is 22.0 Å². The van der Waals surface area contributed by atoms with Gasteiger partial charge in [0.25, 0.3) is 10.1 Å². The number of hydrogen-bond acceptors (Lipinski definition) is 5. The molecule has 6 heteroatoms. The molecule has 0 amide bonds. The van der Waals surface area contributed by atoms with Crippen LogP contribution in [0.5, 0.6) is 0 Å². The fourth-order valence-electron chi connectivity index (χ4n) is 2.05. The number of ether oxygens (including phenoxy) is 2. The van der Waals surface area contributed by atoms with E-state index >= 15 is 0 Å². The Morgan fingerprint density at radius 2 is 1.86 bits per heavy atom. The average Bonchev–Trinajstić information content (AvgIpc) is 2.80. The Morgan fingerprint density at radius 1 is 1.27 bits per heavy atom. The van der Waals surface area contributed by atoms with Crippen molar-refractivity contribution >= 4 is 10.1 Å². The topological polar surface area (TPSA) is 61.8 Å². The fraction of sp³-hybridized carbons (Fsp3) is 0.625. The number of rotatable bonds is 4. The highest BCUT2D eigenvalue weighted by Gasteiger charge is 2.46. The molecular formula is C16H24O5S. The Labute approximate surface area is 132 Å². The third-order valence-corrected chi connectivity index (χ3v) is 5.31. The Hall–Kier alpha value is -0.950. The van der Waals surface area contributed by atoms with Gasteiger partial charge >= 0.3 is 0 Å². The van der Waals surface area contributed by atoms with Gasteiger partial charge in [0.15, 0.2) is 5.79 Å². The van der Waals surface area contributed by atoms with Crippen LogP contribution in [0.1, 0.15) is 33.3 Å². The van der Waals surface area contributed by atoms with Gasteiger partial charge in [0.05, 0.1) is 18.1 Å². The van der Waals surface area contributed by atoms with E-state index in [1.807, 2.05) is 34.6 Å². The van der Waals surface area contributed by atoms with Crippen molar-refractivity contribution in [1.29, 1.82) is 0 Å². The molecular weight excluding hydrogens is 304 g/mol.